The molecule has 2 aromatic heterocycles. The third kappa shape index (κ3) is 5.91. The highest BCUT2D eigenvalue weighted by Gasteiger charge is 2.21. The molecule has 0 radical (unpaired) electrons. The molecule has 0 saturated carbocycles. The Morgan fingerprint density at radius 1 is 0.860 bits per heavy atom. The molecule has 5 rings (SSSR count). The topological polar surface area (TPSA) is 190 Å². The first-order valence-electron chi connectivity index (χ1n) is 13.3. The molecule has 0 unspecified atom stereocenters. The van der Waals surface area contributed by atoms with Gasteiger partial charge in [0.05, 0.1) is 42.5 Å². The number of nitrogens with two attached hydrogens (primary N) is 3. The number of amides is 2. The zero-order chi connectivity index (χ0) is 30.7. The summed E-state index contributed by atoms with van der Waals surface area (Å²) in [6, 6.07) is 22.6. The van der Waals surface area contributed by atoms with Gasteiger partial charge in [0.25, 0.3) is 5.91 Å². The molecule has 0 aliphatic heterocycles. The number of aromatic hydroxyl groups is 1. The number of aromatic nitrogens is 1. The highest BCUT2D eigenvalue weighted by atomic mass is 32.1. The number of ketones is 1. The Labute approximate surface area is 250 Å². The van der Waals surface area contributed by atoms with Crippen LogP contribution in [0.1, 0.15) is 31.2 Å². The van der Waals surface area contributed by atoms with Crippen molar-refractivity contribution in [3.63, 3.8) is 0 Å². The molecule has 0 atom stereocenters. The minimum absolute atomic E-state index is 0.0154. The van der Waals surface area contributed by atoms with Gasteiger partial charge in [-0.05, 0) is 59.2 Å². The molecule has 2 amide bonds. The van der Waals surface area contributed by atoms with Crippen molar-refractivity contribution in [1.29, 1.82) is 0 Å². The monoisotopic (exact) mass is 598 g/mol. The number of carbonyl (C=O) groups excluding carboxylic acids is 3. The Hall–Kier alpha value is -4.85. The van der Waals surface area contributed by atoms with Crippen LogP contribution in [0.2, 0.25) is 0 Å². The maximum atomic E-state index is 13.7. The zero-order valence-electron chi connectivity index (χ0n) is 23.0. The molecule has 0 bridgehead atoms. The van der Waals surface area contributed by atoms with Crippen molar-refractivity contribution in [2.45, 2.75) is 13.1 Å². The molecular formula is C31H30N6O5S. The van der Waals surface area contributed by atoms with E-state index in [4.69, 9.17) is 22.4 Å². The summed E-state index contributed by atoms with van der Waals surface area (Å²) in [5.74, 6) is -1.08. The molecule has 5 aromatic rings. The van der Waals surface area contributed by atoms with Gasteiger partial charge >= 0.3 is 0 Å². The Morgan fingerprint density at radius 2 is 1.58 bits per heavy atom. The lowest BCUT2D eigenvalue weighted by molar-refractivity contribution is -0.128. The van der Waals surface area contributed by atoms with Crippen LogP contribution in [0.15, 0.2) is 78.9 Å². The minimum atomic E-state index is -0.624. The van der Waals surface area contributed by atoms with Gasteiger partial charge in [-0.2, -0.15) is 0 Å². The number of phenolic OH excluding ortho intramolecular Hbond substituents is 1. The molecule has 0 fully saturated rings. The van der Waals surface area contributed by atoms with E-state index in [2.05, 4.69) is 0 Å². The summed E-state index contributed by atoms with van der Waals surface area (Å²) < 4.78 is 1.89. The summed E-state index contributed by atoms with van der Waals surface area (Å²) in [4.78, 5) is 40.7. The molecule has 0 aliphatic rings. The van der Waals surface area contributed by atoms with Crippen molar-refractivity contribution in [2.24, 2.45) is 17.2 Å². The molecule has 9 N–H and O–H groups in total. The quantitative estimate of drug-likeness (QED) is 0.0611. The second-order valence-corrected chi connectivity index (χ2v) is 10.8. The molecule has 0 aliphatic carbocycles. The Bertz CT molecular complexity index is 1820. The summed E-state index contributed by atoms with van der Waals surface area (Å²) in [6.45, 7) is 0.176. The van der Waals surface area contributed by atoms with Crippen LogP contribution in [-0.2, 0) is 17.9 Å². The van der Waals surface area contributed by atoms with E-state index < -0.39 is 5.91 Å². The fourth-order valence-electron chi connectivity index (χ4n) is 4.96. The van der Waals surface area contributed by atoms with Crippen molar-refractivity contribution in [3.05, 3.63) is 100 Å². The van der Waals surface area contributed by atoms with Crippen LogP contribution in [0.3, 0.4) is 0 Å². The predicted octanol–water partition coefficient (Wildman–Crippen LogP) is 3.21. The second kappa shape index (κ2) is 12.6. The van der Waals surface area contributed by atoms with Crippen molar-refractivity contribution >= 4 is 39.8 Å². The number of phenols is 1. The lowest BCUT2D eigenvalue weighted by Crippen LogP contribution is -2.40. The molecule has 2 heterocycles. The summed E-state index contributed by atoms with van der Waals surface area (Å²) >= 11 is 1.20. The van der Waals surface area contributed by atoms with Gasteiger partial charge in [0.2, 0.25) is 11.7 Å². The first-order chi connectivity index (χ1) is 20.8. The fourth-order valence-corrected chi connectivity index (χ4v) is 6.09. The maximum Gasteiger partial charge on any atom is 0.255 e. The molecular weight excluding hydrogens is 568 g/mol. The van der Waals surface area contributed by atoms with E-state index in [0.29, 0.717) is 32.0 Å². The SMILES string of the molecule is NCN(CN)C(=O)c1ccc(-c2cc3ccc(C(=O)c4cc(CC(=O)NO)c(-c5cccc(O)c5)s4)cc3n2CN)cc1. The first kappa shape index (κ1) is 29.6. The third-order valence-corrected chi connectivity index (χ3v) is 8.35. The van der Waals surface area contributed by atoms with E-state index in [1.54, 1.807) is 54.0 Å². The average molecular weight is 599 g/mol. The molecule has 220 valence electrons. The molecule has 11 nitrogen and oxygen atoms in total. The van der Waals surface area contributed by atoms with Gasteiger partial charge in [0.15, 0.2) is 0 Å². The standard InChI is InChI=1S/C31H30N6O5S/c32-15-36(16-33)31(41)19-6-4-18(5-7-19)25-11-20-8-9-21(12-26(20)37(25)17-34)29(40)27-13-23(14-28(39)35-42)30(43-27)22-2-1-3-24(38)10-22/h1-13,38,42H,14-17,32-34H2,(H,35,39). The number of carbonyl (C=O) groups is 3. The van der Waals surface area contributed by atoms with Gasteiger partial charge in [0.1, 0.15) is 5.75 Å². The Kier molecular flexibility index (Phi) is 8.66. The van der Waals surface area contributed by atoms with Crippen LogP contribution in [0.25, 0.3) is 32.6 Å². The minimum Gasteiger partial charge on any atom is -0.508 e. The third-order valence-electron chi connectivity index (χ3n) is 7.12. The number of nitrogens with one attached hydrogen (secondary N) is 1. The van der Waals surface area contributed by atoms with E-state index in [9.17, 15) is 19.5 Å². The first-order valence-corrected chi connectivity index (χ1v) is 14.1. The molecule has 43 heavy (non-hydrogen) atoms. The van der Waals surface area contributed by atoms with E-state index in [0.717, 1.165) is 22.2 Å². The van der Waals surface area contributed by atoms with Crippen molar-refractivity contribution in [1.82, 2.24) is 14.9 Å². The highest BCUT2D eigenvalue weighted by molar-refractivity contribution is 7.17. The van der Waals surface area contributed by atoms with E-state index >= 15 is 0 Å². The van der Waals surface area contributed by atoms with Crippen LogP contribution in [-0.4, -0.2) is 50.7 Å². The van der Waals surface area contributed by atoms with Gasteiger partial charge in [-0.1, -0.05) is 36.4 Å². The van der Waals surface area contributed by atoms with Crippen molar-refractivity contribution in [2.75, 3.05) is 13.3 Å². The normalized spacial score (nSPS) is 11.1. The number of nitrogens with zero attached hydrogens (tertiary/aromatic N) is 2. The number of hydrogen-bond donors (Lipinski definition) is 6. The highest BCUT2D eigenvalue weighted by Crippen LogP contribution is 2.36. The number of hydrogen-bond acceptors (Lipinski definition) is 9. The Balaban J connectivity index is 1.50. The van der Waals surface area contributed by atoms with E-state index in [1.807, 2.05) is 28.8 Å². The van der Waals surface area contributed by atoms with Crippen molar-refractivity contribution < 1.29 is 24.7 Å². The summed E-state index contributed by atoms with van der Waals surface area (Å²) in [6.07, 6.45) is -0.148. The zero-order valence-corrected chi connectivity index (χ0v) is 23.8. The van der Waals surface area contributed by atoms with Gasteiger partial charge in [-0.3, -0.25) is 19.6 Å². The van der Waals surface area contributed by atoms with Gasteiger partial charge < -0.3 is 31.8 Å². The number of thiophene rings is 1. The molecule has 3 aromatic carbocycles. The summed E-state index contributed by atoms with van der Waals surface area (Å²) in [5.41, 5.74) is 23.5. The number of rotatable bonds is 10. The maximum absolute atomic E-state index is 13.7. The second-order valence-electron chi connectivity index (χ2n) is 9.76. The van der Waals surface area contributed by atoms with Gasteiger partial charge in [-0.25, -0.2) is 5.48 Å². The van der Waals surface area contributed by atoms with Crippen LogP contribution in [0.5, 0.6) is 5.75 Å². The number of benzene rings is 3. The summed E-state index contributed by atoms with van der Waals surface area (Å²) in [5, 5.41) is 19.9. The van der Waals surface area contributed by atoms with Crippen LogP contribution < -0.4 is 22.7 Å². The van der Waals surface area contributed by atoms with E-state index in [1.165, 1.54) is 22.3 Å². The Morgan fingerprint density at radius 3 is 2.23 bits per heavy atom. The van der Waals surface area contributed by atoms with Crippen LogP contribution in [0, 0.1) is 0 Å². The molecule has 0 spiro atoms. The smallest absolute Gasteiger partial charge is 0.255 e. The van der Waals surface area contributed by atoms with Crippen LogP contribution >= 0.6 is 11.3 Å². The predicted molar refractivity (Wildman–Crippen MR) is 164 cm³/mol. The van der Waals surface area contributed by atoms with Gasteiger partial charge in [-0.15, -0.1) is 11.3 Å². The molecule has 0 saturated heterocycles. The lowest BCUT2D eigenvalue weighted by Gasteiger charge is -2.18. The fraction of sp³-hybridized carbons (Fsp3) is 0.129. The largest absolute Gasteiger partial charge is 0.508 e. The van der Waals surface area contributed by atoms with Crippen molar-refractivity contribution in [3.8, 4) is 27.4 Å². The number of hydroxylamine groups is 1. The lowest BCUT2D eigenvalue weighted by atomic mass is 10.0. The molecule has 12 heteroatoms. The average Bonchev–Trinajstić information content (AvgIpc) is 3.62. The van der Waals surface area contributed by atoms with Crippen LogP contribution in [0.4, 0.5) is 0 Å². The summed E-state index contributed by atoms with van der Waals surface area (Å²) in [7, 11) is 0. The van der Waals surface area contributed by atoms with E-state index in [-0.39, 0.29) is 43.9 Å². The van der Waals surface area contributed by atoms with Gasteiger partial charge in [0, 0.05) is 21.4 Å². The number of fused-ring (bicyclic) bond motifs is 1.